The van der Waals surface area contributed by atoms with Crippen LogP contribution in [0.1, 0.15) is 38.3 Å². The van der Waals surface area contributed by atoms with Crippen LogP contribution in [-0.2, 0) is 7.05 Å². The topological polar surface area (TPSA) is 20.2 Å². The second-order valence-electron chi connectivity index (χ2n) is 6.99. The first kappa shape index (κ1) is 15.6. The summed E-state index contributed by atoms with van der Waals surface area (Å²) in [5, 5.41) is 4.91. The highest BCUT2D eigenvalue weighted by Crippen LogP contribution is 2.33. The molecule has 1 aliphatic heterocycles. The molecule has 3 rings (SSSR count). The number of piperazine rings is 1. The second-order valence-corrected chi connectivity index (χ2v) is 6.99. The Balaban J connectivity index is 1.95. The molecule has 1 aromatic heterocycles. The first-order valence-corrected chi connectivity index (χ1v) is 8.65. The maximum Gasteiger partial charge on any atom is 0.0481 e. The van der Waals surface area contributed by atoms with Crippen LogP contribution in [0.5, 0.6) is 0 Å². The standard InChI is InChI=1S/C19H29N3/c1-15(2)8-9-19(22-12-10-20-11-13-22)17-14-21(3)18-7-5-4-6-16(17)18/h4-7,14-15,19-20H,8-13H2,1-3H3/t19-/m1/s1. The lowest BCUT2D eigenvalue weighted by Crippen LogP contribution is -2.45. The third kappa shape index (κ3) is 3.21. The quantitative estimate of drug-likeness (QED) is 0.911. The molecule has 2 heterocycles. The van der Waals surface area contributed by atoms with E-state index in [4.69, 9.17) is 0 Å². The van der Waals surface area contributed by atoms with Crippen molar-refractivity contribution >= 4 is 10.9 Å². The molecule has 0 radical (unpaired) electrons. The van der Waals surface area contributed by atoms with Crippen molar-refractivity contribution in [3.63, 3.8) is 0 Å². The first-order valence-electron chi connectivity index (χ1n) is 8.65. The summed E-state index contributed by atoms with van der Waals surface area (Å²) in [4.78, 5) is 2.68. The zero-order valence-electron chi connectivity index (χ0n) is 14.2. The fraction of sp³-hybridized carbons (Fsp3) is 0.579. The fourth-order valence-corrected chi connectivity index (χ4v) is 3.66. The monoisotopic (exact) mass is 299 g/mol. The molecule has 0 amide bonds. The molecule has 22 heavy (non-hydrogen) atoms. The fourth-order valence-electron chi connectivity index (χ4n) is 3.66. The lowest BCUT2D eigenvalue weighted by Gasteiger charge is -2.35. The van der Waals surface area contributed by atoms with Crippen molar-refractivity contribution in [3.8, 4) is 0 Å². The number of aryl methyl sites for hydroxylation is 1. The van der Waals surface area contributed by atoms with Crippen LogP contribution in [0.4, 0.5) is 0 Å². The van der Waals surface area contributed by atoms with Gasteiger partial charge >= 0.3 is 0 Å². The van der Waals surface area contributed by atoms with Crippen LogP contribution in [0.2, 0.25) is 0 Å². The molecule has 0 unspecified atom stereocenters. The average molecular weight is 299 g/mol. The normalized spacial score (nSPS) is 18.2. The van der Waals surface area contributed by atoms with Gasteiger partial charge < -0.3 is 9.88 Å². The van der Waals surface area contributed by atoms with Crippen molar-refractivity contribution in [2.75, 3.05) is 26.2 Å². The molecule has 1 atom stereocenters. The Bertz CT molecular complexity index is 608. The Labute approximate surface area is 134 Å². The highest BCUT2D eigenvalue weighted by molar-refractivity contribution is 5.84. The van der Waals surface area contributed by atoms with Crippen LogP contribution >= 0.6 is 0 Å². The number of nitrogens with one attached hydrogen (secondary N) is 1. The van der Waals surface area contributed by atoms with E-state index in [1.807, 2.05) is 0 Å². The summed E-state index contributed by atoms with van der Waals surface area (Å²) in [7, 11) is 2.17. The van der Waals surface area contributed by atoms with Gasteiger partial charge in [0.2, 0.25) is 0 Å². The SMILES string of the molecule is CC(C)CC[C@H](c1cn(C)c2ccccc12)N1CCNCC1. The molecule has 1 fully saturated rings. The van der Waals surface area contributed by atoms with Gasteiger partial charge in [-0.05, 0) is 30.4 Å². The summed E-state index contributed by atoms with van der Waals surface area (Å²) in [6, 6.07) is 9.38. The van der Waals surface area contributed by atoms with Crippen LogP contribution in [0.25, 0.3) is 10.9 Å². The molecule has 3 heteroatoms. The van der Waals surface area contributed by atoms with Gasteiger partial charge in [0.05, 0.1) is 0 Å². The predicted molar refractivity (Wildman–Crippen MR) is 94.2 cm³/mol. The highest BCUT2D eigenvalue weighted by Gasteiger charge is 2.25. The Morgan fingerprint density at radius 1 is 1.09 bits per heavy atom. The summed E-state index contributed by atoms with van der Waals surface area (Å²) in [5.74, 6) is 0.764. The summed E-state index contributed by atoms with van der Waals surface area (Å²) in [6.07, 6.45) is 4.90. The van der Waals surface area contributed by atoms with E-state index in [0.717, 1.165) is 32.1 Å². The molecular weight excluding hydrogens is 270 g/mol. The molecule has 1 aliphatic rings. The van der Waals surface area contributed by atoms with Gasteiger partial charge in [-0.15, -0.1) is 0 Å². The van der Waals surface area contributed by atoms with Crippen molar-refractivity contribution in [2.45, 2.75) is 32.7 Å². The van der Waals surface area contributed by atoms with Gasteiger partial charge in [0, 0.05) is 56.4 Å². The number of para-hydroxylation sites is 1. The molecule has 0 saturated carbocycles. The Morgan fingerprint density at radius 2 is 1.82 bits per heavy atom. The third-order valence-electron chi connectivity index (χ3n) is 4.90. The van der Waals surface area contributed by atoms with Gasteiger partial charge in [-0.2, -0.15) is 0 Å². The van der Waals surface area contributed by atoms with E-state index < -0.39 is 0 Å². The largest absolute Gasteiger partial charge is 0.350 e. The van der Waals surface area contributed by atoms with Gasteiger partial charge in [-0.3, -0.25) is 4.90 Å². The molecule has 3 nitrogen and oxygen atoms in total. The molecule has 1 saturated heterocycles. The number of hydrogen-bond acceptors (Lipinski definition) is 2. The summed E-state index contributed by atoms with van der Waals surface area (Å²) >= 11 is 0. The van der Waals surface area contributed by atoms with Crippen molar-refractivity contribution in [3.05, 3.63) is 36.0 Å². The van der Waals surface area contributed by atoms with Crippen molar-refractivity contribution < 1.29 is 0 Å². The second kappa shape index (κ2) is 6.84. The van der Waals surface area contributed by atoms with Crippen LogP contribution in [0.3, 0.4) is 0 Å². The van der Waals surface area contributed by atoms with E-state index in [0.29, 0.717) is 6.04 Å². The maximum absolute atomic E-state index is 3.48. The molecule has 120 valence electrons. The van der Waals surface area contributed by atoms with E-state index in [1.54, 1.807) is 0 Å². The molecule has 1 aromatic carbocycles. The number of aromatic nitrogens is 1. The summed E-state index contributed by atoms with van der Waals surface area (Å²) < 4.78 is 2.29. The Kier molecular flexibility index (Phi) is 4.84. The minimum Gasteiger partial charge on any atom is -0.350 e. The maximum atomic E-state index is 3.48. The number of hydrogen-bond donors (Lipinski definition) is 1. The van der Waals surface area contributed by atoms with Gasteiger partial charge in [-0.1, -0.05) is 32.0 Å². The molecule has 0 bridgehead atoms. The number of nitrogens with zero attached hydrogens (tertiary/aromatic N) is 2. The van der Waals surface area contributed by atoms with Crippen LogP contribution in [-0.4, -0.2) is 35.6 Å². The van der Waals surface area contributed by atoms with E-state index in [1.165, 1.54) is 29.3 Å². The number of fused-ring (bicyclic) bond motifs is 1. The van der Waals surface area contributed by atoms with E-state index >= 15 is 0 Å². The number of benzene rings is 1. The van der Waals surface area contributed by atoms with Gasteiger partial charge in [0.1, 0.15) is 0 Å². The minimum absolute atomic E-state index is 0.551. The van der Waals surface area contributed by atoms with Crippen LogP contribution in [0.15, 0.2) is 30.5 Å². The summed E-state index contributed by atoms with van der Waals surface area (Å²) in [5.41, 5.74) is 2.86. The van der Waals surface area contributed by atoms with E-state index in [9.17, 15) is 0 Å². The van der Waals surface area contributed by atoms with E-state index in [2.05, 4.69) is 66.1 Å². The summed E-state index contributed by atoms with van der Waals surface area (Å²) in [6.45, 7) is 9.21. The van der Waals surface area contributed by atoms with Gasteiger partial charge in [0.15, 0.2) is 0 Å². The molecular formula is C19H29N3. The van der Waals surface area contributed by atoms with Crippen molar-refractivity contribution in [2.24, 2.45) is 13.0 Å². The van der Waals surface area contributed by atoms with Gasteiger partial charge in [-0.25, -0.2) is 0 Å². The Hall–Kier alpha value is -1.32. The number of rotatable bonds is 5. The average Bonchev–Trinajstić information content (AvgIpc) is 2.86. The smallest absolute Gasteiger partial charge is 0.0481 e. The molecule has 0 aliphatic carbocycles. The van der Waals surface area contributed by atoms with Crippen molar-refractivity contribution in [1.29, 1.82) is 0 Å². The highest BCUT2D eigenvalue weighted by atomic mass is 15.2. The predicted octanol–water partition coefficient (Wildman–Crippen LogP) is 3.56. The first-order chi connectivity index (χ1) is 10.7. The molecule has 2 aromatic rings. The molecule has 0 spiro atoms. The minimum atomic E-state index is 0.551. The molecule has 1 N–H and O–H groups in total. The van der Waals surface area contributed by atoms with Crippen molar-refractivity contribution in [1.82, 2.24) is 14.8 Å². The lowest BCUT2D eigenvalue weighted by molar-refractivity contribution is 0.160. The van der Waals surface area contributed by atoms with E-state index in [-0.39, 0.29) is 0 Å². The third-order valence-corrected chi connectivity index (χ3v) is 4.90. The van der Waals surface area contributed by atoms with Crippen LogP contribution in [0, 0.1) is 5.92 Å². The Morgan fingerprint density at radius 3 is 2.55 bits per heavy atom. The zero-order chi connectivity index (χ0) is 15.5. The van der Waals surface area contributed by atoms with Crippen LogP contribution < -0.4 is 5.32 Å². The van der Waals surface area contributed by atoms with Gasteiger partial charge in [0.25, 0.3) is 0 Å². The zero-order valence-corrected chi connectivity index (χ0v) is 14.2. The lowest BCUT2D eigenvalue weighted by atomic mass is 9.95.